The molecule has 2 aliphatic rings. The van der Waals surface area contributed by atoms with Gasteiger partial charge in [0.25, 0.3) is 0 Å². The second-order valence-electron chi connectivity index (χ2n) is 7.96. The minimum absolute atomic E-state index is 0.145. The minimum atomic E-state index is 0.145. The van der Waals surface area contributed by atoms with Gasteiger partial charge >= 0.3 is 0 Å². The number of nitrogens with two attached hydrogens (primary N) is 1. The third-order valence-electron chi connectivity index (χ3n) is 5.66. The van der Waals surface area contributed by atoms with Crippen LogP contribution < -0.4 is 16.4 Å². The van der Waals surface area contributed by atoms with E-state index in [2.05, 4.69) is 20.5 Å². The van der Waals surface area contributed by atoms with E-state index in [1.165, 1.54) is 6.42 Å². The standard InChI is InChI=1S/C22H35N5O2/c23-22(24-10-5-11-27-12-14-29-15-13-27)25-17-18-6-4-9-20(16-18)26-21(28)19-7-2-1-3-8-19/h4,6,9,16,19H,1-3,5,7-8,10-15,17H2,(H,26,28)(H3,23,24,25). The van der Waals surface area contributed by atoms with Crippen molar-refractivity contribution in [2.45, 2.75) is 45.1 Å². The van der Waals surface area contributed by atoms with Gasteiger partial charge in [-0.15, -0.1) is 0 Å². The third-order valence-corrected chi connectivity index (χ3v) is 5.66. The fraction of sp³-hybridized carbons (Fsp3) is 0.636. The maximum atomic E-state index is 12.4. The zero-order valence-electron chi connectivity index (χ0n) is 17.4. The summed E-state index contributed by atoms with van der Waals surface area (Å²) in [6.07, 6.45) is 6.60. The molecule has 160 valence electrons. The van der Waals surface area contributed by atoms with Crippen LogP contribution >= 0.6 is 0 Å². The van der Waals surface area contributed by atoms with E-state index in [9.17, 15) is 4.79 Å². The van der Waals surface area contributed by atoms with Crippen LogP contribution in [0.2, 0.25) is 0 Å². The van der Waals surface area contributed by atoms with Crippen LogP contribution in [-0.2, 0) is 16.1 Å². The van der Waals surface area contributed by atoms with Crippen molar-refractivity contribution in [1.82, 2.24) is 10.2 Å². The van der Waals surface area contributed by atoms with Crippen molar-refractivity contribution in [1.29, 1.82) is 0 Å². The van der Waals surface area contributed by atoms with Crippen LogP contribution in [0.5, 0.6) is 0 Å². The highest BCUT2D eigenvalue weighted by Crippen LogP contribution is 2.25. The van der Waals surface area contributed by atoms with Gasteiger partial charge in [-0.3, -0.25) is 9.69 Å². The Hall–Kier alpha value is -2.12. The number of benzene rings is 1. The van der Waals surface area contributed by atoms with Gasteiger partial charge in [0, 0.05) is 31.2 Å². The molecule has 1 aliphatic heterocycles. The normalized spacial score (nSPS) is 19.1. The van der Waals surface area contributed by atoms with Crippen molar-refractivity contribution >= 4 is 17.6 Å². The number of carbonyl (C=O) groups is 1. The molecule has 0 unspecified atom stereocenters. The Balaban J connectivity index is 1.38. The first kappa shape index (κ1) is 21.6. The smallest absolute Gasteiger partial charge is 0.227 e. The molecule has 1 aliphatic carbocycles. The number of rotatable bonds is 8. The van der Waals surface area contributed by atoms with Crippen LogP contribution in [0.4, 0.5) is 5.69 Å². The zero-order chi connectivity index (χ0) is 20.3. The van der Waals surface area contributed by atoms with E-state index in [1.807, 2.05) is 24.3 Å². The van der Waals surface area contributed by atoms with Gasteiger partial charge in [-0.1, -0.05) is 31.4 Å². The Morgan fingerprint density at radius 2 is 2.00 bits per heavy atom. The predicted octanol–water partition coefficient (Wildman–Crippen LogP) is 2.33. The predicted molar refractivity (Wildman–Crippen MR) is 117 cm³/mol. The molecule has 3 rings (SSSR count). The number of ether oxygens (including phenoxy) is 1. The fourth-order valence-electron chi connectivity index (χ4n) is 3.93. The summed E-state index contributed by atoms with van der Waals surface area (Å²) in [5.74, 6) is 0.762. The number of nitrogens with zero attached hydrogens (tertiary/aromatic N) is 2. The molecule has 1 amide bonds. The number of morpholine rings is 1. The Morgan fingerprint density at radius 3 is 2.79 bits per heavy atom. The second kappa shape index (κ2) is 11.8. The van der Waals surface area contributed by atoms with Gasteiger partial charge in [0.15, 0.2) is 5.96 Å². The maximum Gasteiger partial charge on any atom is 0.227 e. The molecule has 0 aromatic heterocycles. The highest BCUT2D eigenvalue weighted by molar-refractivity contribution is 5.92. The molecule has 0 atom stereocenters. The van der Waals surface area contributed by atoms with Gasteiger partial charge in [0.05, 0.1) is 19.8 Å². The molecule has 1 aromatic carbocycles. The zero-order valence-corrected chi connectivity index (χ0v) is 17.4. The lowest BCUT2D eigenvalue weighted by Gasteiger charge is -2.26. The number of nitrogens with one attached hydrogen (secondary N) is 2. The van der Waals surface area contributed by atoms with E-state index >= 15 is 0 Å². The molecule has 1 saturated heterocycles. The third kappa shape index (κ3) is 7.66. The lowest BCUT2D eigenvalue weighted by Crippen LogP contribution is -2.39. The summed E-state index contributed by atoms with van der Waals surface area (Å²) < 4.78 is 5.36. The fourth-order valence-corrected chi connectivity index (χ4v) is 3.93. The largest absolute Gasteiger partial charge is 0.379 e. The van der Waals surface area contributed by atoms with E-state index in [4.69, 9.17) is 10.5 Å². The Kier molecular flexibility index (Phi) is 8.77. The van der Waals surface area contributed by atoms with Crippen molar-refractivity contribution in [3.8, 4) is 0 Å². The van der Waals surface area contributed by atoms with Crippen LogP contribution in [0.25, 0.3) is 0 Å². The van der Waals surface area contributed by atoms with Crippen molar-refractivity contribution in [2.75, 3.05) is 44.7 Å². The van der Waals surface area contributed by atoms with Crippen LogP contribution in [0.1, 0.15) is 44.1 Å². The molecule has 0 bridgehead atoms. The van der Waals surface area contributed by atoms with Gasteiger partial charge in [-0.05, 0) is 43.5 Å². The number of aliphatic imine (C=N–C) groups is 1. The first-order valence-electron chi connectivity index (χ1n) is 10.9. The van der Waals surface area contributed by atoms with E-state index in [0.717, 1.165) is 82.7 Å². The first-order chi connectivity index (χ1) is 14.2. The number of hydrogen-bond acceptors (Lipinski definition) is 4. The van der Waals surface area contributed by atoms with Gasteiger partial charge in [0.2, 0.25) is 5.91 Å². The topological polar surface area (TPSA) is 92.0 Å². The second-order valence-corrected chi connectivity index (χ2v) is 7.96. The number of carbonyl (C=O) groups excluding carboxylic acids is 1. The van der Waals surface area contributed by atoms with E-state index in [-0.39, 0.29) is 11.8 Å². The summed E-state index contributed by atoms with van der Waals surface area (Å²) >= 11 is 0. The Morgan fingerprint density at radius 1 is 1.21 bits per heavy atom. The highest BCUT2D eigenvalue weighted by Gasteiger charge is 2.21. The van der Waals surface area contributed by atoms with Crippen LogP contribution in [0, 0.1) is 5.92 Å². The van der Waals surface area contributed by atoms with Crippen LogP contribution in [0.15, 0.2) is 29.3 Å². The number of guanidine groups is 1. The quantitative estimate of drug-likeness (QED) is 0.353. The molecule has 4 N–H and O–H groups in total. The molecule has 7 nitrogen and oxygen atoms in total. The van der Waals surface area contributed by atoms with Gasteiger partial charge in [-0.2, -0.15) is 0 Å². The van der Waals surface area contributed by atoms with Gasteiger partial charge < -0.3 is 21.1 Å². The molecule has 1 aromatic rings. The molecule has 0 radical (unpaired) electrons. The monoisotopic (exact) mass is 401 g/mol. The minimum Gasteiger partial charge on any atom is -0.379 e. The summed E-state index contributed by atoms with van der Waals surface area (Å²) in [7, 11) is 0. The molecule has 29 heavy (non-hydrogen) atoms. The summed E-state index contributed by atoms with van der Waals surface area (Å²) in [6, 6.07) is 7.87. The van der Waals surface area contributed by atoms with E-state index in [0.29, 0.717) is 12.5 Å². The molecule has 1 saturated carbocycles. The average molecular weight is 402 g/mol. The van der Waals surface area contributed by atoms with Crippen LogP contribution in [0.3, 0.4) is 0 Å². The summed E-state index contributed by atoms with van der Waals surface area (Å²) in [4.78, 5) is 19.3. The summed E-state index contributed by atoms with van der Waals surface area (Å²) in [5.41, 5.74) is 7.86. The molecule has 1 heterocycles. The lowest BCUT2D eigenvalue weighted by atomic mass is 9.88. The van der Waals surface area contributed by atoms with Gasteiger partial charge in [0.1, 0.15) is 0 Å². The lowest BCUT2D eigenvalue weighted by molar-refractivity contribution is -0.120. The van der Waals surface area contributed by atoms with Crippen molar-refractivity contribution in [2.24, 2.45) is 16.6 Å². The van der Waals surface area contributed by atoms with Crippen molar-refractivity contribution in [3.63, 3.8) is 0 Å². The van der Waals surface area contributed by atoms with Crippen molar-refractivity contribution in [3.05, 3.63) is 29.8 Å². The van der Waals surface area contributed by atoms with Crippen molar-refractivity contribution < 1.29 is 9.53 Å². The Bertz CT molecular complexity index is 667. The summed E-state index contributed by atoms with van der Waals surface area (Å²) in [5, 5.41) is 6.25. The molecule has 7 heteroatoms. The summed E-state index contributed by atoms with van der Waals surface area (Å²) in [6.45, 7) is 6.04. The van der Waals surface area contributed by atoms with Crippen LogP contribution in [-0.4, -0.2) is 56.2 Å². The molecular weight excluding hydrogens is 366 g/mol. The molecular formula is C22H35N5O2. The average Bonchev–Trinajstić information content (AvgIpc) is 2.77. The number of anilines is 1. The first-order valence-corrected chi connectivity index (χ1v) is 10.9. The highest BCUT2D eigenvalue weighted by atomic mass is 16.5. The van der Waals surface area contributed by atoms with E-state index in [1.54, 1.807) is 0 Å². The van der Waals surface area contributed by atoms with Gasteiger partial charge in [-0.25, -0.2) is 4.99 Å². The molecule has 0 spiro atoms. The van der Waals surface area contributed by atoms with E-state index < -0.39 is 0 Å². The Labute approximate surface area is 174 Å². The number of hydrogen-bond donors (Lipinski definition) is 3. The number of amides is 1. The molecule has 2 fully saturated rings. The maximum absolute atomic E-state index is 12.4. The SMILES string of the molecule is NC(=NCc1cccc(NC(=O)C2CCCCC2)c1)NCCCN1CCOCC1.